The predicted octanol–water partition coefficient (Wildman–Crippen LogP) is 6.52. The molecule has 0 bridgehead atoms. The van der Waals surface area contributed by atoms with Crippen LogP contribution < -0.4 is 19.3 Å². The van der Waals surface area contributed by atoms with E-state index in [0.29, 0.717) is 28.9 Å². The first-order valence-electron chi connectivity index (χ1n) is 13.7. The highest BCUT2D eigenvalue weighted by Crippen LogP contribution is 2.40. The fraction of sp³-hybridized carbons (Fsp3) is 0.300. The number of amides is 1. The normalized spacial score (nSPS) is 12.0. The second kappa shape index (κ2) is 17.8. The number of hydrogen-bond acceptors (Lipinski definition) is 11. The molecule has 1 amide bonds. The van der Waals surface area contributed by atoms with Crippen LogP contribution in [0.25, 0.3) is 0 Å². The van der Waals surface area contributed by atoms with Crippen LogP contribution in [0.4, 0.5) is 11.4 Å². The fourth-order valence-corrected chi connectivity index (χ4v) is 5.40. The number of carbonyl (C=O) groups is 3. The Morgan fingerprint density at radius 3 is 2.39 bits per heavy atom. The van der Waals surface area contributed by atoms with Gasteiger partial charge in [-0.2, -0.15) is 0 Å². The first-order chi connectivity index (χ1) is 21.2. The summed E-state index contributed by atoms with van der Waals surface area (Å²) >= 11 is 1.31. The Morgan fingerprint density at radius 1 is 1.00 bits per heavy atom. The SMILES string of the molecule is CCOC(=O)C(C)OP(CCNC(=O)CCC(=O)c1ccc(Oc2cc([N+](=O)[O-])ccc2NSC)cc1)Oc1ccccc1. The topological polar surface area (TPSA) is 155 Å². The van der Waals surface area contributed by atoms with Gasteiger partial charge in [0.25, 0.3) is 5.69 Å². The molecule has 234 valence electrons. The number of nitrogens with one attached hydrogen (secondary N) is 2. The molecule has 0 radical (unpaired) electrons. The highest BCUT2D eigenvalue weighted by Gasteiger charge is 2.23. The van der Waals surface area contributed by atoms with Crippen molar-refractivity contribution in [2.75, 3.05) is 30.3 Å². The van der Waals surface area contributed by atoms with Crippen LogP contribution in [0.1, 0.15) is 37.0 Å². The molecule has 0 aliphatic rings. The van der Waals surface area contributed by atoms with Crippen molar-refractivity contribution < 1.29 is 37.8 Å². The molecule has 3 aromatic rings. The Bertz CT molecular complexity index is 1410. The van der Waals surface area contributed by atoms with Gasteiger partial charge in [0, 0.05) is 43.4 Å². The zero-order chi connectivity index (χ0) is 31.9. The van der Waals surface area contributed by atoms with Gasteiger partial charge in [-0.25, -0.2) is 4.79 Å². The van der Waals surface area contributed by atoms with Crippen LogP contribution >= 0.6 is 20.3 Å². The number of ether oxygens (including phenoxy) is 2. The first-order valence-corrected chi connectivity index (χ1v) is 16.3. The summed E-state index contributed by atoms with van der Waals surface area (Å²) in [7, 11) is -1.57. The zero-order valence-corrected chi connectivity index (χ0v) is 26.2. The second-order valence-corrected chi connectivity index (χ2v) is 11.2. The number of ketones is 1. The van der Waals surface area contributed by atoms with E-state index in [1.54, 1.807) is 56.3 Å². The lowest BCUT2D eigenvalue weighted by atomic mass is 10.1. The van der Waals surface area contributed by atoms with Crippen LogP contribution in [0.15, 0.2) is 72.8 Å². The summed E-state index contributed by atoms with van der Waals surface area (Å²) in [5.41, 5.74) is 0.845. The van der Waals surface area contributed by atoms with E-state index in [-0.39, 0.29) is 49.1 Å². The molecular formula is C30H34N3O9PS. The largest absolute Gasteiger partial charge is 0.464 e. The van der Waals surface area contributed by atoms with Crippen LogP contribution in [0.3, 0.4) is 0 Å². The molecule has 0 aliphatic heterocycles. The van der Waals surface area contributed by atoms with Crippen molar-refractivity contribution in [3.8, 4) is 17.2 Å². The van der Waals surface area contributed by atoms with Gasteiger partial charge in [-0.1, -0.05) is 30.1 Å². The Hall–Kier alpha value is -4.19. The summed E-state index contributed by atoms with van der Waals surface area (Å²) in [6.45, 7) is 3.74. The molecular weight excluding hydrogens is 609 g/mol. The number of nitro benzene ring substituents is 1. The number of non-ortho nitro benzene ring substituents is 1. The lowest BCUT2D eigenvalue weighted by Crippen LogP contribution is -2.28. The highest BCUT2D eigenvalue weighted by molar-refractivity contribution is 7.99. The van der Waals surface area contributed by atoms with Crippen molar-refractivity contribution in [2.45, 2.75) is 32.8 Å². The van der Waals surface area contributed by atoms with E-state index < -0.39 is 25.4 Å². The maximum absolute atomic E-state index is 12.7. The standard InChI is InChI=1S/C30H34N3O9PS/c1-4-39-30(36)21(2)41-43(42-25-8-6-5-7-9-25)19-18-31-29(35)17-16-27(34)22-10-13-24(14-11-22)40-28-20-23(33(37)38)12-15-26(28)32-44-3/h5-15,20-21,32H,4,16-19H2,1-3H3,(H,31,35). The Morgan fingerprint density at radius 2 is 1.73 bits per heavy atom. The van der Waals surface area contributed by atoms with E-state index in [4.69, 9.17) is 18.5 Å². The van der Waals surface area contributed by atoms with Gasteiger partial charge in [0.15, 0.2) is 17.6 Å². The van der Waals surface area contributed by atoms with Crippen molar-refractivity contribution in [1.29, 1.82) is 0 Å². The minimum atomic E-state index is -1.57. The summed E-state index contributed by atoms with van der Waals surface area (Å²) < 4.78 is 25.6. The number of nitro groups is 1. The average molecular weight is 644 g/mol. The number of nitrogens with zero attached hydrogens (tertiary/aromatic N) is 1. The first kappa shape index (κ1) is 34.3. The zero-order valence-electron chi connectivity index (χ0n) is 24.5. The molecule has 44 heavy (non-hydrogen) atoms. The average Bonchev–Trinajstić information content (AvgIpc) is 3.01. The summed E-state index contributed by atoms with van der Waals surface area (Å²) in [6, 6.07) is 19.6. The molecule has 3 aromatic carbocycles. The molecule has 2 unspecified atom stereocenters. The number of benzene rings is 3. The maximum Gasteiger partial charge on any atom is 0.335 e. The van der Waals surface area contributed by atoms with Crippen LogP contribution in [0.5, 0.6) is 17.2 Å². The van der Waals surface area contributed by atoms with Crippen LogP contribution in [-0.2, 0) is 18.8 Å². The smallest absolute Gasteiger partial charge is 0.335 e. The van der Waals surface area contributed by atoms with E-state index in [0.717, 1.165) is 0 Å². The molecule has 0 heterocycles. The number of hydrogen-bond donors (Lipinski definition) is 2. The second-order valence-electron chi connectivity index (χ2n) is 9.10. The van der Waals surface area contributed by atoms with Crippen molar-refractivity contribution in [3.05, 3.63) is 88.5 Å². The quantitative estimate of drug-likeness (QED) is 0.0389. The molecule has 0 fully saturated rings. The van der Waals surface area contributed by atoms with Crippen molar-refractivity contribution in [1.82, 2.24) is 5.32 Å². The van der Waals surface area contributed by atoms with E-state index in [2.05, 4.69) is 10.0 Å². The number of anilines is 1. The van der Waals surface area contributed by atoms with Gasteiger partial charge in [0.2, 0.25) is 14.3 Å². The van der Waals surface area contributed by atoms with E-state index in [1.807, 2.05) is 24.5 Å². The molecule has 0 saturated heterocycles. The number of Topliss-reactive ketones (excluding diaryl/α,β-unsaturated/α-hetero) is 1. The van der Waals surface area contributed by atoms with Crippen molar-refractivity contribution in [3.63, 3.8) is 0 Å². The fourth-order valence-electron chi connectivity index (χ4n) is 3.68. The van der Waals surface area contributed by atoms with Gasteiger partial charge in [0.05, 0.1) is 23.3 Å². The molecule has 2 atom stereocenters. The summed E-state index contributed by atoms with van der Waals surface area (Å²) in [5, 5.41) is 13.9. The van der Waals surface area contributed by atoms with Crippen LogP contribution in [0, 0.1) is 10.1 Å². The summed E-state index contributed by atoms with van der Waals surface area (Å²) in [6.07, 6.45) is 1.26. The van der Waals surface area contributed by atoms with E-state index in [1.165, 1.54) is 24.1 Å². The third-order valence-corrected chi connectivity index (χ3v) is 7.81. The van der Waals surface area contributed by atoms with Crippen LogP contribution in [0.2, 0.25) is 0 Å². The number of para-hydroxylation sites is 1. The van der Waals surface area contributed by atoms with Gasteiger partial charge < -0.3 is 28.6 Å². The molecule has 0 aliphatic carbocycles. The molecule has 14 heteroatoms. The molecule has 0 spiro atoms. The minimum Gasteiger partial charge on any atom is -0.464 e. The highest BCUT2D eigenvalue weighted by atomic mass is 32.2. The lowest BCUT2D eigenvalue weighted by molar-refractivity contribution is -0.384. The van der Waals surface area contributed by atoms with Crippen molar-refractivity contribution >= 4 is 49.4 Å². The maximum atomic E-state index is 12.7. The van der Waals surface area contributed by atoms with Gasteiger partial charge in [-0.15, -0.1) is 0 Å². The third kappa shape index (κ3) is 11.1. The predicted molar refractivity (Wildman–Crippen MR) is 169 cm³/mol. The van der Waals surface area contributed by atoms with E-state index >= 15 is 0 Å². The van der Waals surface area contributed by atoms with Gasteiger partial charge in [0.1, 0.15) is 11.5 Å². The Kier molecular flexibility index (Phi) is 13.9. The third-order valence-electron chi connectivity index (χ3n) is 5.83. The molecule has 12 nitrogen and oxygen atoms in total. The Balaban J connectivity index is 1.50. The lowest BCUT2D eigenvalue weighted by Gasteiger charge is -2.21. The molecule has 0 saturated carbocycles. The number of carbonyl (C=O) groups excluding carboxylic acids is 3. The molecule has 0 aromatic heterocycles. The van der Waals surface area contributed by atoms with Crippen molar-refractivity contribution in [2.24, 2.45) is 0 Å². The van der Waals surface area contributed by atoms with Gasteiger partial charge in [-0.3, -0.25) is 19.7 Å². The van der Waals surface area contributed by atoms with Gasteiger partial charge in [-0.05, 0) is 56.3 Å². The molecule has 2 N–H and O–H groups in total. The summed E-state index contributed by atoms with van der Waals surface area (Å²) in [4.78, 5) is 47.9. The minimum absolute atomic E-state index is 0.00955. The molecule has 3 rings (SSSR count). The monoisotopic (exact) mass is 643 g/mol. The van der Waals surface area contributed by atoms with E-state index in [9.17, 15) is 24.5 Å². The van der Waals surface area contributed by atoms with Crippen LogP contribution in [-0.4, -0.2) is 54.3 Å². The number of esters is 1. The number of rotatable bonds is 18. The summed E-state index contributed by atoms with van der Waals surface area (Å²) in [5.74, 6) is 0.185. The Labute approximate surface area is 261 Å². The van der Waals surface area contributed by atoms with Gasteiger partial charge >= 0.3 is 5.97 Å².